The number of esters is 1. The molecule has 2 heterocycles. The van der Waals surface area contributed by atoms with Gasteiger partial charge in [0.2, 0.25) is 0 Å². The highest BCUT2D eigenvalue weighted by Crippen LogP contribution is 2.31. The predicted octanol–water partition coefficient (Wildman–Crippen LogP) is 2.81. The van der Waals surface area contributed by atoms with Crippen LogP contribution in [0.15, 0.2) is 24.5 Å². The van der Waals surface area contributed by atoms with Crippen molar-refractivity contribution in [2.24, 2.45) is 0 Å². The van der Waals surface area contributed by atoms with Crippen molar-refractivity contribution in [3.63, 3.8) is 0 Å². The van der Waals surface area contributed by atoms with Crippen LogP contribution in [0.5, 0.6) is 11.5 Å². The third-order valence-corrected chi connectivity index (χ3v) is 5.35. The normalized spacial score (nSPS) is 15.5. The number of rotatable bonds is 9. The second-order valence-corrected chi connectivity index (χ2v) is 7.42. The predicted molar refractivity (Wildman–Crippen MR) is 122 cm³/mol. The number of nitrogens with one attached hydrogen (secondary N) is 1. The summed E-state index contributed by atoms with van der Waals surface area (Å²) in [5.41, 5.74) is 1.08. The fourth-order valence-corrected chi connectivity index (χ4v) is 3.61. The molecule has 1 aliphatic heterocycles. The molecule has 178 valence electrons. The number of hydrogen-bond donors (Lipinski definition) is 1. The molecule has 1 fully saturated rings. The molecule has 1 aliphatic rings. The lowest BCUT2D eigenvalue weighted by molar-refractivity contribution is -0.132. The molecule has 0 spiro atoms. The van der Waals surface area contributed by atoms with E-state index in [2.05, 4.69) is 15.3 Å². The van der Waals surface area contributed by atoms with Gasteiger partial charge in [0.25, 0.3) is 5.91 Å². The van der Waals surface area contributed by atoms with Crippen LogP contribution < -0.4 is 19.7 Å². The van der Waals surface area contributed by atoms with Crippen molar-refractivity contribution in [1.29, 1.82) is 0 Å². The zero-order valence-electron chi connectivity index (χ0n) is 19.4. The van der Waals surface area contributed by atoms with Gasteiger partial charge in [-0.2, -0.15) is 0 Å². The third-order valence-electron chi connectivity index (χ3n) is 5.35. The quantitative estimate of drug-likeness (QED) is 0.567. The molecule has 0 bridgehead atoms. The van der Waals surface area contributed by atoms with Crippen LogP contribution in [-0.2, 0) is 20.8 Å². The number of aromatic nitrogens is 2. The Bertz CT molecular complexity index is 977. The first-order valence-corrected chi connectivity index (χ1v) is 10.9. The molecule has 2 aromatic rings. The number of methoxy groups -OCH3 is 2. The fourth-order valence-electron chi connectivity index (χ4n) is 3.61. The van der Waals surface area contributed by atoms with Crippen LogP contribution in [0.3, 0.4) is 0 Å². The lowest BCUT2D eigenvalue weighted by Gasteiger charge is -2.28. The van der Waals surface area contributed by atoms with E-state index in [-0.39, 0.29) is 23.9 Å². The topological polar surface area (TPSA) is 112 Å². The first-order valence-electron chi connectivity index (χ1n) is 10.9. The summed E-state index contributed by atoms with van der Waals surface area (Å²) in [6.07, 6.45) is 3.14. The van der Waals surface area contributed by atoms with E-state index in [1.54, 1.807) is 34.3 Å². The Kier molecular flexibility index (Phi) is 8.42. The van der Waals surface area contributed by atoms with E-state index in [1.165, 1.54) is 11.2 Å². The Morgan fingerprint density at radius 2 is 2.03 bits per heavy atom. The number of nitrogens with zero attached hydrogens (tertiary/aromatic N) is 3. The molecular formula is C23H30N4O6. The Hall–Kier alpha value is -3.40. The molecule has 3 rings (SSSR count). The molecule has 1 amide bonds. The van der Waals surface area contributed by atoms with Crippen LogP contribution in [0.4, 0.5) is 11.5 Å². The summed E-state index contributed by atoms with van der Waals surface area (Å²) in [5.74, 6) is 0.714. The number of amides is 1. The van der Waals surface area contributed by atoms with Gasteiger partial charge in [0, 0.05) is 31.8 Å². The largest absolute Gasteiger partial charge is 0.497 e. The van der Waals surface area contributed by atoms with Crippen LogP contribution in [0.2, 0.25) is 0 Å². The van der Waals surface area contributed by atoms with Crippen LogP contribution in [0.25, 0.3) is 0 Å². The summed E-state index contributed by atoms with van der Waals surface area (Å²) in [4.78, 5) is 35.6. The van der Waals surface area contributed by atoms with E-state index in [0.717, 1.165) is 18.4 Å². The van der Waals surface area contributed by atoms with E-state index >= 15 is 0 Å². The minimum Gasteiger partial charge on any atom is -0.497 e. The number of anilines is 2. The van der Waals surface area contributed by atoms with Crippen LogP contribution >= 0.6 is 0 Å². The first kappa shape index (κ1) is 24.2. The molecule has 1 unspecified atom stereocenters. The van der Waals surface area contributed by atoms with Crippen LogP contribution in [-0.4, -0.2) is 62.4 Å². The Morgan fingerprint density at radius 3 is 2.70 bits per heavy atom. The summed E-state index contributed by atoms with van der Waals surface area (Å²) in [6, 6.07) is 5.46. The Morgan fingerprint density at radius 1 is 1.21 bits per heavy atom. The minimum absolute atomic E-state index is 0.00250. The van der Waals surface area contributed by atoms with Crippen molar-refractivity contribution < 1.29 is 28.5 Å². The Balaban J connectivity index is 1.93. The highest BCUT2D eigenvalue weighted by molar-refractivity contribution is 6.05. The van der Waals surface area contributed by atoms with E-state index in [4.69, 9.17) is 18.9 Å². The molecular weight excluding hydrogens is 428 g/mol. The molecule has 33 heavy (non-hydrogen) atoms. The second-order valence-electron chi connectivity index (χ2n) is 7.42. The monoisotopic (exact) mass is 458 g/mol. The molecule has 0 saturated carbocycles. The van der Waals surface area contributed by atoms with Crippen molar-refractivity contribution in [2.45, 2.75) is 38.8 Å². The molecule has 1 aromatic heterocycles. The molecule has 1 N–H and O–H groups in total. The van der Waals surface area contributed by atoms with Crippen molar-refractivity contribution >= 4 is 23.4 Å². The van der Waals surface area contributed by atoms with Crippen molar-refractivity contribution in [3.8, 4) is 11.5 Å². The van der Waals surface area contributed by atoms with Gasteiger partial charge in [-0.3, -0.25) is 4.79 Å². The van der Waals surface area contributed by atoms with E-state index in [0.29, 0.717) is 36.9 Å². The lowest BCUT2D eigenvalue weighted by Crippen LogP contribution is -2.41. The standard InChI is InChI=1S/C23H30N4O6/c1-5-32-23(29)19-20(27(2)22(28)17-8-6-7-11-33-17)21(26-14-25-19)24-13-15-9-10-16(30-3)12-18(15)31-4/h9-10,12,14,17H,5-8,11,13H2,1-4H3,(H,24,25,26). The average Bonchev–Trinajstić information content (AvgIpc) is 2.86. The number of ether oxygens (including phenoxy) is 4. The van der Waals surface area contributed by atoms with E-state index in [1.807, 2.05) is 12.1 Å². The number of carbonyl (C=O) groups excluding carboxylic acids is 2. The number of likely N-dealkylation sites (N-methyl/N-ethyl adjacent to an activating group) is 1. The summed E-state index contributed by atoms with van der Waals surface area (Å²) < 4.78 is 21.5. The molecule has 0 aliphatic carbocycles. The second kappa shape index (κ2) is 11.5. The van der Waals surface area contributed by atoms with Crippen LogP contribution in [0.1, 0.15) is 42.2 Å². The van der Waals surface area contributed by atoms with Gasteiger partial charge in [0.05, 0.1) is 20.8 Å². The van der Waals surface area contributed by atoms with Crippen molar-refractivity contribution in [3.05, 3.63) is 35.8 Å². The van der Waals surface area contributed by atoms with Gasteiger partial charge >= 0.3 is 5.97 Å². The van der Waals surface area contributed by atoms with Gasteiger partial charge < -0.3 is 29.2 Å². The first-order chi connectivity index (χ1) is 16.0. The fraction of sp³-hybridized carbons (Fsp3) is 0.478. The van der Waals surface area contributed by atoms with Crippen molar-refractivity contribution in [2.75, 3.05) is 44.7 Å². The molecule has 10 heteroatoms. The lowest BCUT2D eigenvalue weighted by atomic mass is 10.1. The maximum Gasteiger partial charge on any atom is 0.359 e. The average molecular weight is 459 g/mol. The van der Waals surface area contributed by atoms with Gasteiger partial charge in [-0.1, -0.05) is 0 Å². The third kappa shape index (κ3) is 5.70. The molecule has 1 aromatic carbocycles. The van der Waals surface area contributed by atoms with Gasteiger partial charge in [0.1, 0.15) is 29.6 Å². The van der Waals surface area contributed by atoms with E-state index in [9.17, 15) is 9.59 Å². The number of carbonyl (C=O) groups is 2. The summed E-state index contributed by atoms with van der Waals surface area (Å²) >= 11 is 0. The van der Waals surface area contributed by atoms with Gasteiger partial charge in [-0.05, 0) is 38.3 Å². The van der Waals surface area contributed by atoms with Crippen LogP contribution in [0, 0.1) is 0 Å². The Labute approximate surface area is 193 Å². The molecule has 0 radical (unpaired) electrons. The molecule has 1 atom stereocenters. The molecule has 10 nitrogen and oxygen atoms in total. The molecule has 1 saturated heterocycles. The maximum absolute atomic E-state index is 13.2. The maximum atomic E-state index is 13.2. The number of hydrogen-bond acceptors (Lipinski definition) is 9. The SMILES string of the molecule is CCOC(=O)c1ncnc(NCc2ccc(OC)cc2OC)c1N(C)C(=O)C1CCCCO1. The summed E-state index contributed by atoms with van der Waals surface area (Å²) in [7, 11) is 4.74. The minimum atomic E-state index is -0.635. The highest BCUT2D eigenvalue weighted by Gasteiger charge is 2.31. The van der Waals surface area contributed by atoms with Gasteiger partial charge in [0.15, 0.2) is 11.5 Å². The smallest absolute Gasteiger partial charge is 0.359 e. The van der Waals surface area contributed by atoms with Gasteiger partial charge in [-0.25, -0.2) is 14.8 Å². The zero-order valence-corrected chi connectivity index (χ0v) is 19.4. The summed E-state index contributed by atoms with van der Waals surface area (Å²) in [5, 5.41) is 3.20. The van der Waals surface area contributed by atoms with Gasteiger partial charge in [-0.15, -0.1) is 0 Å². The van der Waals surface area contributed by atoms with Crippen molar-refractivity contribution in [1.82, 2.24) is 9.97 Å². The summed E-state index contributed by atoms with van der Waals surface area (Å²) in [6.45, 7) is 2.74. The zero-order chi connectivity index (χ0) is 23.8. The van der Waals surface area contributed by atoms with E-state index < -0.39 is 12.1 Å². The highest BCUT2D eigenvalue weighted by atomic mass is 16.5. The number of benzene rings is 1.